The lowest BCUT2D eigenvalue weighted by Gasteiger charge is -2.11. The van der Waals surface area contributed by atoms with Gasteiger partial charge in [-0.25, -0.2) is 0 Å². The molecule has 1 aromatic heterocycles. The van der Waals surface area contributed by atoms with Crippen molar-refractivity contribution in [3.63, 3.8) is 0 Å². The predicted molar refractivity (Wildman–Crippen MR) is 141 cm³/mol. The Labute approximate surface area is 223 Å². The van der Waals surface area contributed by atoms with Gasteiger partial charge in [0.15, 0.2) is 5.69 Å². The third-order valence-corrected chi connectivity index (χ3v) is 7.04. The first-order chi connectivity index (χ1) is 18.4. The fraction of sp³-hybridized carbons (Fsp3) is 0.111. The standard InChI is InChI=1S/C27H19F3N4O4S/c1-13-6-8-17(10-14(13)2)34-20-12-16(27(28,29)30)7-9-18(20)22(25(34)37)33-32-19-5-3-4-15(23(19)35)11-21-24(36)31-26(38)39-21/h3-12,35,37H,1-2H3,(H,31,36,38)/b21-11+,33-32?. The Morgan fingerprint density at radius 3 is 2.41 bits per heavy atom. The van der Waals surface area contributed by atoms with Crippen LogP contribution in [0.4, 0.5) is 29.3 Å². The molecule has 8 nitrogen and oxygen atoms in total. The Bertz CT molecular complexity index is 1740. The van der Waals surface area contributed by atoms with Crippen LogP contribution in [-0.4, -0.2) is 25.9 Å². The minimum Gasteiger partial charge on any atom is -0.505 e. The zero-order chi connectivity index (χ0) is 28.1. The average Bonchev–Trinajstić information content (AvgIpc) is 3.34. The number of alkyl halides is 3. The number of nitrogens with zero attached hydrogens (tertiary/aromatic N) is 3. The molecule has 12 heteroatoms. The maximum Gasteiger partial charge on any atom is 0.416 e. The minimum atomic E-state index is -4.61. The number of para-hydroxylation sites is 1. The summed E-state index contributed by atoms with van der Waals surface area (Å²) in [7, 11) is 0. The topological polar surface area (TPSA) is 116 Å². The third kappa shape index (κ3) is 4.86. The van der Waals surface area contributed by atoms with Gasteiger partial charge in [0, 0.05) is 16.6 Å². The van der Waals surface area contributed by atoms with Gasteiger partial charge in [-0.05, 0) is 79.2 Å². The molecule has 0 saturated carbocycles. The number of imide groups is 1. The van der Waals surface area contributed by atoms with Gasteiger partial charge in [-0.3, -0.25) is 19.5 Å². The number of carbonyl (C=O) groups is 2. The first-order valence-corrected chi connectivity index (χ1v) is 12.3. The van der Waals surface area contributed by atoms with E-state index in [0.29, 0.717) is 17.4 Å². The van der Waals surface area contributed by atoms with Gasteiger partial charge in [0.1, 0.15) is 11.4 Å². The minimum absolute atomic E-state index is 0.0301. The van der Waals surface area contributed by atoms with Crippen molar-refractivity contribution in [1.29, 1.82) is 0 Å². The van der Waals surface area contributed by atoms with Crippen molar-refractivity contribution >= 4 is 51.3 Å². The van der Waals surface area contributed by atoms with Crippen LogP contribution >= 0.6 is 11.8 Å². The van der Waals surface area contributed by atoms with Crippen LogP contribution in [0, 0.1) is 13.8 Å². The largest absolute Gasteiger partial charge is 0.505 e. The van der Waals surface area contributed by atoms with Gasteiger partial charge < -0.3 is 10.2 Å². The number of hydrogen-bond donors (Lipinski definition) is 3. The van der Waals surface area contributed by atoms with E-state index < -0.39 is 28.8 Å². The Morgan fingerprint density at radius 2 is 1.74 bits per heavy atom. The maximum absolute atomic E-state index is 13.5. The molecular formula is C27H19F3N4O4S. The van der Waals surface area contributed by atoms with E-state index in [1.54, 1.807) is 18.2 Å². The van der Waals surface area contributed by atoms with E-state index in [1.165, 1.54) is 34.9 Å². The van der Waals surface area contributed by atoms with Crippen molar-refractivity contribution in [3.8, 4) is 17.3 Å². The van der Waals surface area contributed by atoms with E-state index in [9.17, 15) is 33.0 Å². The molecule has 4 aromatic rings. The molecule has 3 N–H and O–H groups in total. The number of phenolic OH excluding ortho intramolecular Hbond substituents is 1. The highest BCUT2D eigenvalue weighted by atomic mass is 32.2. The summed E-state index contributed by atoms with van der Waals surface area (Å²) in [6.45, 7) is 3.73. The van der Waals surface area contributed by atoms with E-state index in [2.05, 4.69) is 15.5 Å². The summed E-state index contributed by atoms with van der Waals surface area (Å²) in [5.74, 6) is -1.39. The van der Waals surface area contributed by atoms with Crippen LogP contribution < -0.4 is 5.32 Å². The van der Waals surface area contributed by atoms with Crippen LogP contribution in [0.25, 0.3) is 22.7 Å². The number of azo groups is 1. The molecule has 1 aliphatic heterocycles. The number of amides is 2. The SMILES string of the molecule is Cc1ccc(-n2c(O)c(N=Nc3cccc(/C=C4/SC(=O)NC4=O)c3O)c3ccc(C(F)(F)F)cc32)cc1C. The number of benzene rings is 3. The molecule has 2 amide bonds. The summed E-state index contributed by atoms with van der Waals surface area (Å²) in [4.78, 5) is 23.4. The van der Waals surface area contributed by atoms with Crippen molar-refractivity contribution in [2.24, 2.45) is 10.2 Å². The fourth-order valence-electron chi connectivity index (χ4n) is 4.07. The zero-order valence-corrected chi connectivity index (χ0v) is 21.2. The molecule has 39 heavy (non-hydrogen) atoms. The molecule has 198 valence electrons. The second kappa shape index (κ2) is 9.62. The number of fused-ring (bicyclic) bond motifs is 1. The maximum atomic E-state index is 13.5. The molecule has 3 aromatic carbocycles. The first kappa shape index (κ1) is 26.0. The van der Waals surface area contributed by atoms with Crippen molar-refractivity contribution in [1.82, 2.24) is 9.88 Å². The van der Waals surface area contributed by atoms with Crippen molar-refractivity contribution in [3.05, 3.63) is 81.8 Å². The molecule has 0 radical (unpaired) electrons. The highest BCUT2D eigenvalue weighted by molar-refractivity contribution is 8.18. The number of aromatic nitrogens is 1. The lowest BCUT2D eigenvalue weighted by Crippen LogP contribution is -2.17. The molecule has 1 fully saturated rings. The molecule has 5 rings (SSSR count). The zero-order valence-electron chi connectivity index (χ0n) is 20.4. The lowest BCUT2D eigenvalue weighted by molar-refractivity contribution is -0.137. The number of rotatable bonds is 4. The summed E-state index contributed by atoms with van der Waals surface area (Å²) in [5, 5.41) is 31.8. The van der Waals surface area contributed by atoms with Crippen LogP contribution in [0.5, 0.6) is 11.6 Å². The molecule has 0 spiro atoms. The molecule has 0 aliphatic carbocycles. The summed E-state index contributed by atoms with van der Waals surface area (Å²) < 4.78 is 41.8. The van der Waals surface area contributed by atoms with Crippen LogP contribution in [0.3, 0.4) is 0 Å². The lowest BCUT2D eigenvalue weighted by atomic mass is 10.1. The number of thioether (sulfide) groups is 1. The Hall–Kier alpha value is -4.58. The summed E-state index contributed by atoms with van der Waals surface area (Å²) >= 11 is 0.682. The quantitative estimate of drug-likeness (QED) is 0.180. The van der Waals surface area contributed by atoms with Crippen LogP contribution in [0.1, 0.15) is 22.3 Å². The molecule has 0 atom stereocenters. The van der Waals surface area contributed by atoms with Gasteiger partial charge >= 0.3 is 6.18 Å². The monoisotopic (exact) mass is 552 g/mol. The van der Waals surface area contributed by atoms with E-state index >= 15 is 0 Å². The van der Waals surface area contributed by atoms with Crippen LogP contribution in [0.2, 0.25) is 0 Å². The molecule has 0 unspecified atom stereocenters. The van der Waals surface area contributed by atoms with Crippen molar-refractivity contribution < 1.29 is 33.0 Å². The Balaban J connectivity index is 1.63. The van der Waals surface area contributed by atoms with E-state index in [4.69, 9.17) is 0 Å². The van der Waals surface area contributed by atoms with Crippen molar-refractivity contribution in [2.45, 2.75) is 20.0 Å². The van der Waals surface area contributed by atoms with E-state index in [0.717, 1.165) is 23.3 Å². The summed E-state index contributed by atoms with van der Waals surface area (Å²) in [6, 6.07) is 12.7. The van der Waals surface area contributed by atoms with E-state index in [1.807, 2.05) is 13.8 Å². The highest BCUT2D eigenvalue weighted by Gasteiger charge is 2.32. The van der Waals surface area contributed by atoms with Gasteiger partial charge in [0.2, 0.25) is 5.88 Å². The van der Waals surface area contributed by atoms with Crippen molar-refractivity contribution in [2.75, 3.05) is 0 Å². The second-order valence-corrected chi connectivity index (χ2v) is 9.79. The molecule has 0 bridgehead atoms. The second-order valence-electron chi connectivity index (χ2n) is 8.77. The van der Waals surface area contributed by atoms with Gasteiger partial charge in [-0.1, -0.05) is 18.2 Å². The number of nitrogens with one attached hydrogen (secondary N) is 1. The smallest absolute Gasteiger partial charge is 0.416 e. The third-order valence-electron chi connectivity index (χ3n) is 6.23. The number of phenols is 1. The first-order valence-electron chi connectivity index (χ1n) is 11.4. The van der Waals surface area contributed by atoms with Gasteiger partial charge in [0.05, 0.1) is 16.0 Å². The molecule has 1 aliphatic rings. The Morgan fingerprint density at radius 1 is 0.974 bits per heavy atom. The number of hydrogen-bond acceptors (Lipinski definition) is 7. The van der Waals surface area contributed by atoms with Crippen LogP contribution in [0.15, 0.2) is 69.7 Å². The van der Waals surface area contributed by atoms with Gasteiger partial charge in [-0.15, -0.1) is 10.2 Å². The predicted octanol–water partition coefficient (Wildman–Crippen LogP) is 7.42. The number of aromatic hydroxyl groups is 2. The van der Waals surface area contributed by atoms with Gasteiger partial charge in [0.25, 0.3) is 11.1 Å². The normalized spacial score (nSPS) is 15.2. The molecular weight excluding hydrogens is 533 g/mol. The van der Waals surface area contributed by atoms with Crippen LogP contribution in [-0.2, 0) is 11.0 Å². The number of carbonyl (C=O) groups excluding carboxylic acids is 2. The van der Waals surface area contributed by atoms with E-state index in [-0.39, 0.29) is 38.5 Å². The summed E-state index contributed by atoms with van der Waals surface area (Å²) in [6.07, 6.45) is -3.29. The Kier molecular flexibility index (Phi) is 6.43. The number of halogens is 3. The van der Waals surface area contributed by atoms with Gasteiger partial charge in [-0.2, -0.15) is 13.2 Å². The molecule has 2 heterocycles. The fourth-order valence-corrected chi connectivity index (χ4v) is 4.74. The highest BCUT2D eigenvalue weighted by Crippen LogP contribution is 2.44. The average molecular weight is 553 g/mol. The molecule has 1 saturated heterocycles. The number of aryl methyl sites for hydroxylation is 2. The summed E-state index contributed by atoms with van der Waals surface area (Å²) in [5.41, 5.74) is 1.50.